The molecule has 4 aromatic heterocycles. The fourth-order valence-electron chi connectivity index (χ4n) is 4.27. The fourth-order valence-corrected chi connectivity index (χ4v) is 4.98. The van der Waals surface area contributed by atoms with E-state index in [1.54, 1.807) is 11.3 Å². The van der Waals surface area contributed by atoms with Gasteiger partial charge in [-0.3, -0.25) is 9.48 Å². The number of hydrogen-bond donors (Lipinski definition) is 1. The second-order valence-corrected chi connectivity index (χ2v) is 10.2. The monoisotopic (exact) mass is 544 g/mol. The Morgan fingerprint density at radius 2 is 1.97 bits per heavy atom. The first-order valence-corrected chi connectivity index (χ1v) is 13.6. The molecule has 0 saturated carbocycles. The summed E-state index contributed by atoms with van der Waals surface area (Å²) in [6.07, 6.45) is 7.84. The molecule has 0 unspecified atom stereocenters. The summed E-state index contributed by atoms with van der Waals surface area (Å²) < 4.78 is 1.85. The highest BCUT2D eigenvalue weighted by Crippen LogP contribution is 2.26. The summed E-state index contributed by atoms with van der Waals surface area (Å²) in [6.45, 7) is 8.27. The largest absolute Gasteiger partial charge is 0.339 e. The number of anilines is 3. The van der Waals surface area contributed by atoms with Crippen LogP contribution in [0.1, 0.15) is 36.6 Å². The van der Waals surface area contributed by atoms with Crippen LogP contribution in [0.15, 0.2) is 42.2 Å². The van der Waals surface area contributed by atoms with Crippen molar-refractivity contribution in [2.75, 3.05) is 29.9 Å². The molecule has 0 aliphatic carbocycles. The first-order valence-electron chi connectivity index (χ1n) is 12.7. The van der Waals surface area contributed by atoms with Crippen molar-refractivity contribution < 1.29 is 4.79 Å². The number of carbonyl (C=O) groups is 1. The summed E-state index contributed by atoms with van der Waals surface area (Å²) in [6, 6.07) is 8.22. The summed E-state index contributed by atoms with van der Waals surface area (Å²) in [7, 11) is 1.93. The lowest BCUT2D eigenvalue weighted by molar-refractivity contribution is -0.120. The number of nitriles is 1. The zero-order valence-electron chi connectivity index (χ0n) is 22.6. The highest BCUT2D eigenvalue weighted by Gasteiger charge is 2.26. The highest BCUT2D eigenvalue weighted by molar-refractivity contribution is 7.14. The van der Waals surface area contributed by atoms with Gasteiger partial charge in [0.05, 0.1) is 29.3 Å². The van der Waals surface area contributed by atoms with E-state index in [1.165, 1.54) is 12.4 Å². The van der Waals surface area contributed by atoms with Gasteiger partial charge in [-0.2, -0.15) is 10.4 Å². The minimum absolute atomic E-state index is 0.218. The normalized spacial score (nSPS) is 14.8. The number of hydrogen-bond acceptors (Lipinski definition) is 10. The van der Waals surface area contributed by atoms with E-state index in [-0.39, 0.29) is 6.04 Å². The fraction of sp³-hybridized carbons (Fsp3) is 0.370. The number of nitrogens with one attached hydrogen (secondary N) is 1. The molecule has 0 bridgehead atoms. The first kappa shape index (κ1) is 27.7. The first-order chi connectivity index (χ1) is 18.9. The van der Waals surface area contributed by atoms with Crippen LogP contribution in [0.3, 0.4) is 0 Å². The highest BCUT2D eigenvalue weighted by atomic mass is 32.1. The third-order valence-corrected chi connectivity index (χ3v) is 7.01. The molecule has 0 radical (unpaired) electrons. The maximum absolute atomic E-state index is 11.0. The molecule has 1 N–H and O–H groups in total. The van der Waals surface area contributed by atoms with Crippen LogP contribution in [-0.2, 0) is 11.8 Å². The number of pyridine rings is 1. The number of carbonyl (C=O) groups excluding carboxylic acids is 1. The van der Waals surface area contributed by atoms with E-state index in [0.717, 1.165) is 65.9 Å². The van der Waals surface area contributed by atoms with E-state index in [4.69, 9.17) is 5.26 Å². The predicted octanol–water partition coefficient (Wildman–Crippen LogP) is 4.09. The number of thiazole rings is 1. The van der Waals surface area contributed by atoms with Crippen LogP contribution >= 0.6 is 11.3 Å². The summed E-state index contributed by atoms with van der Waals surface area (Å²) in [5.41, 5.74) is 4.53. The summed E-state index contributed by atoms with van der Waals surface area (Å²) in [4.78, 5) is 32.2. The van der Waals surface area contributed by atoms with Crippen molar-refractivity contribution in [1.29, 1.82) is 5.26 Å². The van der Waals surface area contributed by atoms with E-state index in [2.05, 4.69) is 42.2 Å². The summed E-state index contributed by atoms with van der Waals surface area (Å²) in [5.74, 6) is 1.43. The Hall–Kier alpha value is -4.37. The second kappa shape index (κ2) is 12.9. The average molecular weight is 545 g/mol. The Morgan fingerprint density at radius 3 is 2.59 bits per heavy atom. The van der Waals surface area contributed by atoms with Gasteiger partial charge in [-0.1, -0.05) is 19.4 Å². The summed E-state index contributed by atoms with van der Waals surface area (Å²) >= 11 is 1.56. The van der Waals surface area contributed by atoms with Gasteiger partial charge in [0.2, 0.25) is 12.4 Å². The van der Waals surface area contributed by atoms with Crippen LogP contribution in [0, 0.1) is 25.2 Å². The van der Waals surface area contributed by atoms with E-state index in [1.807, 2.05) is 66.3 Å². The molecule has 5 heterocycles. The van der Waals surface area contributed by atoms with Crippen LogP contribution in [0.25, 0.3) is 11.4 Å². The van der Waals surface area contributed by atoms with Gasteiger partial charge in [0.1, 0.15) is 17.6 Å². The Labute approximate surface area is 232 Å². The number of amides is 1. The lowest BCUT2D eigenvalue weighted by Crippen LogP contribution is -2.53. The van der Waals surface area contributed by atoms with E-state index in [0.29, 0.717) is 18.1 Å². The van der Waals surface area contributed by atoms with Gasteiger partial charge >= 0.3 is 0 Å². The lowest BCUT2D eigenvalue weighted by Gasteiger charge is -2.39. The molecule has 11 nitrogen and oxygen atoms in total. The van der Waals surface area contributed by atoms with Crippen molar-refractivity contribution in [3.8, 4) is 17.5 Å². The Bertz CT molecular complexity index is 1410. The van der Waals surface area contributed by atoms with Crippen molar-refractivity contribution in [2.24, 2.45) is 7.05 Å². The van der Waals surface area contributed by atoms with E-state index >= 15 is 0 Å². The van der Waals surface area contributed by atoms with Crippen LogP contribution < -0.4 is 10.2 Å². The number of aryl methyl sites for hydroxylation is 3. The molecule has 1 saturated heterocycles. The molecule has 202 valence electrons. The van der Waals surface area contributed by atoms with Gasteiger partial charge in [-0.25, -0.2) is 19.9 Å². The number of nitrogens with zero attached hydrogens (tertiary/aromatic N) is 9. The zero-order valence-corrected chi connectivity index (χ0v) is 23.4. The molecule has 1 amide bonds. The van der Waals surface area contributed by atoms with Crippen molar-refractivity contribution >= 4 is 34.6 Å². The summed E-state index contributed by atoms with van der Waals surface area (Å²) in [5, 5.41) is 19.1. The number of piperazine rings is 1. The minimum Gasteiger partial charge on any atom is -0.339 e. The standard InChI is InChI=1S/C14H15N5S.C13H17N5O/c1-9-4-5-13(15-7-9)17-14-16-11(8-20-14)12-6-10(2)18-19(12)3;1-2-3-12-9-17(4-5-18(12)10-19)13-15-7-11(6-14)8-16-13/h4-8H,1-3H3,(H,15,16,17);7-8,10,12H,2-5,9H2,1H3/t;12-/m.0/s1. The van der Waals surface area contributed by atoms with Gasteiger partial charge in [0, 0.05) is 44.3 Å². The maximum Gasteiger partial charge on any atom is 0.225 e. The molecular formula is C27H32N10OS. The average Bonchev–Trinajstić information content (AvgIpc) is 3.55. The van der Waals surface area contributed by atoms with E-state index in [9.17, 15) is 4.79 Å². The SMILES string of the molecule is CCC[C@H]1CN(c2ncc(C#N)cn2)CCN1C=O.Cc1ccc(Nc2nc(-c3cc(C)nn3C)cs2)nc1. The van der Waals surface area contributed by atoms with Gasteiger partial charge in [0.25, 0.3) is 0 Å². The molecule has 1 aliphatic heterocycles. The maximum atomic E-state index is 11.0. The molecule has 12 heteroatoms. The Morgan fingerprint density at radius 1 is 1.18 bits per heavy atom. The van der Waals surface area contributed by atoms with Gasteiger partial charge in [0.15, 0.2) is 5.13 Å². The van der Waals surface area contributed by atoms with Crippen LogP contribution in [0.2, 0.25) is 0 Å². The van der Waals surface area contributed by atoms with Gasteiger partial charge in [-0.05, 0) is 38.0 Å². The molecule has 39 heavy (non-hydrogen) atoms. The van der Waals surface area contributed by atoms with Crippen molar-refractivity contribution in [3.63, 3.8) is 0 Å². The van der Waals surface area contributed by atoms with Crippen molar-refractivity contribution in [3.05, 3.63) is 59.0 Å². The third kappa shape index (κ3) is 7.14. The number of rotatable bonds is 7. The van der Waals surface area contributed by atoms with Crippen molar-refractivity contribution in [1.82, 2.24) is 34.6 Å². The topological polar surface area (TPSA) is 129 Å². The Balaban J connectivity index is 0.000000181. The zero-order chi connectivity index (χ0) is 27.8. The quantitative estimate of drug-likeness (QED) is 0.342. The predicted molar refractivity (Wildman–Crippen MR) is 152 cm³/mol. The minimum atomic E-state index is 0.218. The molecular weight excluding hydrogens is 512 g/mol. The van der Waals surface area contributed by atoms with Crippen LogP contribution in [0.4, 0.5) is 16.9 Å². The molecule has 1 atom stereocenters. The molecule has 0 aromatic carbocycles. The van der Waals surface area contributed by atoms with Crippen molar-refractivity contribution in [2.45, 2.75) is 39.7 Å². The number of aromatic nitrogens is 6. The van der Waals surface area contributed by atoms with Crippen LogP contribution in [-0.4, -0.2) is 66.7 Å². The lowest BCUT2D eigenvalue weighted by atomic mass is 10.1. The second-order valence-electron chi connectivity index (χ2n) is 9.29. The molecule has 1 aliphatic rings. The third-order valence-electron chi connectivity index (χ3n) is 6.25. The molecule has 4 aromatic rings. The van der Waals surface area contributed by atoms with Gasteiger partial charge < -0.3 is 15.1 Å². The van der Waals surface area contributed by atoms with E-state index < -0.39 is 0 Å². The molecule has 0 spiro atoms. The smallest absolute Gasteiger partial charge is 0.225 e. The molecule has 1 fully saturated rings. The Kier molecular flexibility index (Phi) is 9.17. The molecule has 5 rings (SSSR count). The van der Waals surface area contributed by atoms with Gasteiger partial charge in [-0.15, -0.1) is 11.3 Å². The van der Waals surface area contributed by atoms with Crippen LogP contribution in [0.5, 0.6) is 0 Å².